The Balaban J connectivity index is 1.04. The number of anilines is 2. The molecule has 0 amide bonds. The lowest BCUT2D eigenvalue weighted by molar-refractivity contribution is 0.688. The molecular weight excluding hydrogens is 670 g/mol. The first-order valence-corrected chi connectivity index (χ1v) is 18.1. The number of aromatic nitrogens is 5. The zero-order chi connectivity index (χ0) is 33.6. The largest absolute Gasteiger partial charge is 0.352 e. The Hall–Kier alpha value is -4.83. The van der Waals surface area contributed by atoms with E-state index < -0.39 is 0 Å². The Morgan fingerprint density at radius 3 is 2.02 bits per heavy atom. The number of thiophene rings is 2. The molecule has 0 aliphatic carbocycles. The molecule has 0 unspecified atom stereocenters. The van der Waals surface area contributed by atoms with E-state index in [4.69, 9.17) is 11.6 Å². The molecule has 0 aliphatic rings. The van der Waals surface area contributed by atoms with Crippen LogP contribution in [0.5, 0.6) is 0 Å². The molecule has 0 fully saturated rings. The van der Waals surface area contributed by atoms with E-state index in [2.05, 4.69) is 88.0 Å². The molecule has 0 spiro atoms. The minimum atomic E-state index is 0.459. The summed E-state index contributed by atoms with van der Waals surface area (Å²) in [6.45, 7) is 5.36. The van der Waals surface area contributed by atoms with Gasteiger partial charge in [0.05, 0.1) is 51.5 Å². The first-order chi connectivity index (χ1) is 24.0. The van der Waals surface area contributed by atoms with Crippen molar-refractivity contribution in [3.63, 3.8) is 0 Å². The number of aromatic amines is 2. The summed E-state index contributed by atoms with van der Waals surface area (Å²) < 4.78 is 0. The van der Waals surface area contributed by atoms with Crippen LogP contribution in [0.3, 0.4) is 0 Å². The van der Waals surface area contributed by atoms with Crippen molar-refractivity contribution in [1.29, 1.82) is 5.26 Å². The molecule has 49 heavy (non-hydrogen) atoms. The second-order valence-electron chi connectivity index (χ2n) is 11.7. The third-order valence-corrected chi connectivity index (χ3v) is 10.5. The minimum absolute atomic E-state index is 0.459. The van der Waals surface area contributed by atoms with Gasteiger partial charge in [-0.25, -0.2) is 9.97 Å². The van der Waals surface area contributed by atoms with Gasteiger partial charge < -0.3 is 25.9 Å². The van der Waals surface area contributed by atoms with Crippen LogP contribution in [-0.2, 0) is 25.9 Å². The van der Waals surface area contributed by atoms with Crippen LogP contribution in [-0.4, -0.2) is 38.0 Å². The van der Waals surface area contributed by atoms with Gasteiger partial charge >= 0.3 is 0 Å². The van der Waals surface area contributed by atoms with Crippen molar-refractivity contribution in [2.24, 2.45) is 0 Å². The molecular formula is C37H34ClN9S2. The van der Waals surface area contributed by atoms with Crippen molar-refractivity contribution in [3.8, 4) is 28.3 Å². The lowest BCUT2D eigenvalue weighted by Gasteiger charge is -2.16. The summed E-state index contributed by atoms with van der Waals surface area (Å²) in [5.74, 6) is 0. The van der Waals surface area contributed by atoms with Crippen molar-refractivity contribution >= 4 is 56.6 Å². The number of H-pyrrole nitrogens is 2. The highest BCUT2D eigenvalue weighted by Gasteiger charge is 2.16. The second kappa shape index (κ2) is 15.2. The molecule has 12 heteroatoms. The number of rotatable bonds is 14. The summed E-state index contributed by atoms with van der Waals surface area (Å²) in [4.78, 5) is 21.7. The van der Waals surface area contributed by atoms with Crippen LogP contribution in [0.2, 0.25) is 5.02 Å². The zero-order valence-electron chi connectivity index (χ0n) is 26.8. The van der Waals surface area contributed by atoms with Crippen LogP contribution in [0.25, 0.3) is 33.2 Å². The van der Waals surface area contributed by atoms with Gasteiger partial charge in [-0.2, -0.15) is 5.26 Å². The summed E-state index contributed by atoms with van der Waals surface area (Å²) in [5.41, 5.74) is 10.2. The predicted octanol–water partition coefficient (Wildman–Crippen LogP) is 8.38. The Morgan fingerprint density at radius 2 is 1.43 bits per heavy atom. The molecule has 0 bridgehead atoms. The molecule has 0 saturated carbocycles. The van der Waals surface area contributed by atoms with Gasteiger partial charge in [-0.15, -0.1) is 22.7 Å². The number of nitrogens with one attached hydrogen (secondary N) is 5. The number of aryl methyl sites for hydroxylation is 1. The van der Waals surface area contributed by atoms with Crippen molar-refractivity contribution in [3.05, 3.63) is 122 Å². The van der Waals surface area contributed by atoms with Crippen LogP contribution in [0.1, 0.15) is 32.3 Å². The molecule has 9 nitrogen and oxygen atoms in total. The number of nitrogens with zero attached hydrogens (tertiary/aromatic N) is 4. The van der Waals surface area contributed by atoms with Gasteiger partial charge in [-0.05, 0) is 75.8 Å². The lowest BCUT2D eigenvalue weighted by atomic mass is 10.0. The molecule has 246 valence electrons. The van der Waals surface area contributed by atoms with Crippen LogP contribution in [0, 0.1) is 18.3 Å². The van der Waals surface area contributed by atoms with E-state index in [0.717, 1.165) is 94.8 Å². The number of halogens is 1. The standard InChI is InChI=1S/C37H34ClN9S2/c1-23-8-25(27-10-32(49-20-27)18-41-7-5-30-16-43-22-46-30)11-34(38)36(23)47-37-28(13-39)14-44-35-12-24(2-3-33(35)37)26-9-31(48-19-26)17-40-6-4-29-15-42-21-45-29/h2-3,8-12,14-16,19-22,40-41H,4-7,17-18H2,1H3,(H,42,45)(H,43,46)(H,44,47). The van der Waals surface area contributed by atoms with Gasteiger partial charge in [0.25, 0.3) is 0 Å². The van der Waals surface area contributed by atoms with Gasteiger partial charge in [0.1, 0.15) is 6.07 Å². The molecule has 5 aromatic heterocycles. The van der Waals surface area contributed by atoms with E-state index in [1.54, 1.807) is 41.5 Å². The van der Waals surface area contributed by atoms with Crippen LogP contribution in [0.4, 0.5) is 11.4 Å². The molecule has 7 rings (SSSR count). The van der Waals surface area contributed by atoms with E-state index in [1.165, 1.54) is 9.75 Å². The molecule has 2 aromatic carbocycles. The van der Waals surface area contributed by atoms with E-state index in [-0.39, 0.29) is 0 Å². The monoisotopic (exact) mass is 703 g/mol. The fourth-order valence-electron chi connectivity index (χ4n) is 5.75. The van der Waals surface area contributed by atoms with Crippen molar-refractivity contribution < 1.29 is 0 Å². The highest BCUT2D eigenvalue weighted by molar-refractivity contribution is 7.10. The Labute approximate surface area is 297 Å². The number of hydrogen-bond acceptors (Lipinski definition) is 9. The van der Waals surface area contributed by atoms with E-state index in [9.17, 15) is 5.26 Å². The summed E-state index contributed by atoms with van der Waals surface area (Å²) >= 11 is 10.4. The second-order valence-corrected chi connectivity index (χ2v) is 14.1. The fourth-order valence-corrected chi connectivity index (χ4v) is 7.79. The first-order valence-electron chi connectivity index (χ1n) is 16.0. The maximum absolute atomic E-state index is 10.0. The van der Waals surface area contributed by atoms with Crippen LogP contribution in [0.15, 0.2) is 84.5 Å². The average Bonchev–Trinajstić information content (AvgIpc) is 3.95. The summed E-state index contributed by atoms with van der Waals surface area (Å²) in [6.07, 6.45) is 10.7. The SMILES string of the molecule is Cc1cc(-c2csc(CNCCc3c[nH]cn3)c2)cc(Cl)c1Nc1c(C#N)cnc2cc(-c3csc(CNCCc4c[nH]cn4)c3)ccc12. The number of benzene rings is 2. The van der Waals surface area contributed by atoms with Crippen LogP contribution < -0.4 is 16.0 Å². The van der Waals surface area contributed by atoms with Gasteiger partial charge in [0.15, 0.2) is 0 Å². The van der Waals surface area contributed by atoms with Gasteiger partial charge in [-0.3, -0.25) is 4.98 Å². The fraction of sp³-hybridized carbons (Fsp3) is 0.189. The van der Waals surface area contributed by atoms with Crippen molar-refractivity contribution in [1.82, 2.24) is 35.6 Å². The van der Waals surface area contributed by atoms with Gasteiger partial charge in [0.2, 0.25) is 0 Å². The number of hydrogen-bond donors (Lipinski definition) is 5. The number of pyridine rings is 1. The molecule has 5 heterocycles. The molecule has 0 radical (unpaired) electrons. The van der Waals surface area contributed by atoms with Crippen molar-refractivity contribution in [2.75, 3.05) is 18.4 Å². The molecule has 5 N–H and O–H groups in total. The molecule has 0 aliphatic heterocycles. The number of nitriles is 1. The Kier molecular flexibility index (Phi) is 10.1. The average molecular weight is 704 g/mol. The first kappa shape index (κ1) is 32.7. The van der Waals surface area contributed by atoms with E-state index in [1.807, 2.05) is 31.5 Å². The summed E-state index contributed by atoms with van der Waals surface area (Å²) in [6, 6.07) is 17.1. The molecule has 7 aromatic rings. The maximum Gasteiger partial charge on any atom is 0.103 e. The molecule has 0 atom stereocenters. The minimum Gasteiger partial charge on any atom is -0.352 e. The number of imidazole rings is 2. The predicted molar refractivity (Wildman–Crippen MR) is 201 cm³/mol. The molecule has 0 saturated heterocycles. The summed E-state index contributed by atoms with van der Waals surface area (Å²) in [5, 5.41) is 26.3. The van der Waals surface area contributed by atoms with Crippen LogP contribution >= 0.6 is 34.3 Å². The van der Waals surface area contributed by atoms with E-state index in [0.29, 0.717) is 16.3 Å². The normalized spacial score (nSPS) is 11.3. The van der Waals surface area contributed by atoms with E-state index >= 15 is 0 Å². The highest BCUT2D eigenvalue weighted by Crippen LogP contribution is 2.39. The topological polar surface area (TPSA) is 130 Å². The Bertz CT molecular complexity index is 2190. The Morgan fingerprint density at radius 1 is 0.776 bits per heavy atom. The zero-order valence-corrected chi connectivity index (χ0v) is 29.2. The quantitative estimate of drug-likeness (QED) is 0.0720. The van der Waals surface area contributed by atoms with Crippen molar-refractivity contribution in [2.45, 2.75) is 32.9 Å². The smallest absolute Gasteiger partial charge is 0.103 e. The summed E-state index contributed by atoms with van der Waals surface area (Å²) in [7, 11) is 0. The highest BCUT2D eigenvalue weighted by atomic mass is 35.5. The van der Waals surface area contributed by atoms with Gasteiger partial charge in [-0.1, -0.05) is 23.7 Å². The third kappa shape index (κ3) is 7.75. The maximum atomic E-state index is 10.0. The van der Waals surface area contributed by atoms with Gasteiger partial charge in [0, 0.05) is 72.8 Å². The lowest BCUT2D eigenvalue weighted by Crippen LogP contribution is -2.16. The number of fused-ring (bicyclic) bond motifs is 1. The third-order valence-electron chi connectivity index (χ3n) is 8.33.